The Morgan fingerprint density at radius 3 is 2.78 bits per heavy atom. The van der Waals surface area contributed by atoms with Gasteiger partial charge in [0.1, 0.15) is 17.1 Å². The predicted octanol–water partition coefficient (Wildman–Crippen LogP) is 4.74. The largest absolute Gasteiger partial charge is 0.494 e. The monoisotopic (exact) mass is 434 g/mol. The lowest BCUT2D eigenvalue weighted by Crippen LogP contribution is -2.04. The zero-order valence-corrected chi connectivity index (χ0v) is 17.7. The van der Waals surface area contributed by atoms with Crippen molar-refractivity contribution in [2.24, 2.45) is 0 Å². The zero-order chi connectivity index (χ0) is 22.3. The molecule has 0 aliphatic heterocycles. The van der Waals surface area contributed by atoms with Gasteiger partial charge in [-0.25, -0.2) is 4.98 Å². The molecule has 0 aliphatic rings. The molecule has 3 heterocycles. The molecule has 3 aromatic heterocycles. The van der Waals surface area contributed by atoms with E-state index in [0.717, 1.165) is 41.6 Å². The molecule has 1 aromatic carbocycles. The lowest BCUT2D eigenvalue weighted by Gasteiger charge is -2.10. The van der Waals surface area contributed by atoms with Gasteiger partial charge in [0.2, 0.25) is 5.95 Å². The van der Waals surface area contributed by atoms with Crippen molar-refractivity contribution < 1.29 is 19.1 Å². The van der Waals surface area contributed by atoms with Crippen LogP contribution in [0.4, 0.5) is 5.95 Å². The van der Waals surface area contributed by atoms with Crippen LogP contribution in [0.2, 0.25) is 0 Å². The van der Waals surface area contributed by atoms with Crippen molar-refractivity contribution in [1.29, 1.82) is 0 Å². The molecular formula is C24H26N4O4. The van der Waals surface area contributed by atoms with Crippen LogP contribution >= 0.6 is 0 Å². The normalized spacial score (nSPS) is 11.1. The standard InChI is InChI=1S/C24H26N4O4/c25-24-26-22(20-9-6-14-32-20)19-11-12-28(23(19)27-24)16-17-7-5-8-18(15-17)31-13-4-2-1-3-10-21(29)30/h5-9,11-12,14-15H,1-4,10,13,16H2,(H,29,30)(H2,25,26,27). The number of nitrogens with two attached hydrogens (primary N) is 1. The maximum absolute atomic E-state index is 10.5. The van der Waals surface area contributed by atoms with E-state index in [2.05, 4.69) is 9.97 Å². The van der Waals surface area contributed by atoms with Gasteiger partial charge in [0.15, 0.2) is 5.76 Å². The first-order valence-corrected chi connectivity index (χ1v) is 10.7. The fourth-order valence-electron chi connectivity index (χ4n) is 3.66. The van der Waals surface area contributed by atoms with Gasteiger partial charge < -0.3 is 24.6 Å². The lowest BCUT2D eigenvalue weighted by atomic mass is 10.1. The Labute approximate surface area is 185 Å². The van der Waals surface area contributed by atoms with E-state index in [9.17, 15) is 4.79 Å². The molecule has 0 saturated carbocycles. The Hall–Kier alpha value is -3.81. The van der Waals surface area contributed by atoms with Gasteiger partial charge >= 0.3 is 5.97 Å². The summed E-state index contributed by atoms with van der Waals surface area (Å²) in [4.78, 5) is 19.3. The number of nitrogens with zero attached hydrogens (tertiary/aromatic N) is 3. The van der Waals surface area contributed by atoms with Gasteiger partial charge in [0, 0.05) is 24.5 Å². The van der Waals surface area contributed by atoms with Crippen LogP contribution in [0.25, 0.3) is 22.5 Å². The van der Waals surface area contributed by atoms with Gasteiger partial charge in [-0.1, -0.05) is 25.0 Å². The summed E-state index contributed by atoms with van der Waals surface area (Å²) >= 11 is 0. The van der Waals surface area contributed by atoms with Crippen LogP contribution in [0.1, 0.15) is 37.7 Å². The average Bonchev–Trinajstić information content (AvgIpc) is 3.43. The highest BCUT2D eigenvalue weighted by atomic mass is 16.5. The molecule has 32 heavy (non-hydrogen) atoms. The third kappa shape index (κ3) is 5.26. The van der Waals surface area contributed by atoms with Gasteiger partial charge in [-0.15, -0.1) is 0 Å². The van der Waals surface area contributed by atoms with Gasteiger partial charge in [-0.2, -0.15) is 4.98 Å². The maximum atomic E-state index is 10.5. The van der Waals surface area contributed by atoms with Crippen LogP contribution in [-0.2, 0) is 11.3 Å². The Morgan fingerprint density at radius 1 is 1.09 bits per heavy atom. The highest BCUT2D eigenvalue weighted by Gasteiger charge is 2.14. The molecule has 4 rings (SSSR count). The number of aromatic nitrogens is 3. The third-order valence-electron chi connectivity index (χ3n) is 5.20. The number of carboxylic acids is 1. The minimum absolute atomic E-state index is 0.198. The SMILES string of the molecule is Nc1nc(-c2ccco2)c2ccn(Cc3cccc(OCCCCCCC(=O)O)c3)c2n1. The van der Waals surface area contributed by atoms with E-state index >= 15 is 0 Å². The highest BCUT2D eigenvalue weighted by molar-refractivity contribution is 5.90. The molecule has 8 nitrogen and oxygen atoms in total. The average molecular weight is 434 g/mol. The molecule has 0 unspecified atom stereocenters. The topological polar surface area (TPSA) is 116 Å². The lowest BCUT2D eigenvalue weighted by molar-refractivity contribution is -0.137. The van der Waals surface area contributed by atoms with E-state index < -0.39 is 5.97 Å². The number of carbonyl (C=O) groups is 1. The number of rotatable bonds is 11. The highest BCUT2D eigenvalue weighted by Crippen LogP contribution is 2.28. The number of anilines is 1. The minimum Gasteiger partial charge on any atom is -0.494 e. The number of nitrogen functional groups attached to an aromatic ring is 1. The van der Waals surface area contributed by atoms with Crippen LogP contribution < -0.4 is 10.5 Å². The van der Waals surface area contributed by atoms with Crippen molar-refractivity contribution in [2.45, 2.75) is 38.6 Å². The summed E-state index contributed by atoms with van der Waals surface area (Å²) < 4.78 is 13.4. The van der Waals surface area contributed by atoms with Crippen molar-refractivity contribution in [3.05, 3.63) is 60.5 Å². The molecule has 0 amide bonds. The zero-order valence-electron chi connectivity index (χ0n) is 17.7. The van der Waals surface area contributed by atoms with Crippen LogP contribution in [-0.4, -0.2) is 32.2 Å². The fraction of sp³-hybridized carbons (Fsp3) is 0.292. The summed E-state index contributed by atoms with van der Waals surface area (Å²) in [5.74, 6) is 0.930. The van der Waals surface area contributed by atoms with E-state index in [-0.39, 0.29) is 12.4 Å². The van der Waals surface area contributed by atoms with Crippen LogP contribution in [0.5, 0.6) is 5.75 Å². The van der Waals surface area contributed by atoms with Crippen molar-refractivity contribution in [3.8, 4) is 17.2 Å². The Bertz CT molecular complexity index is 1180. The quantitative estimate of drug-likeness (QED) is 0.328. The number of carboxylic acid groups (broad SMARTS) is 1. The summed E-state index contributed by atoms with van der Waals surface area (Å²) in [5, 5.41) is 9.55. The first-order chi connectivity index (χ1) is 15.6. The van der Waals surface area contributed by atoms with Gasteiger partial charge in [-0.3, -0.25) is 4.79 Å². The number of benzene rings is 1. The fourth-order valence-corrected chi connectivity index (χ4v) is 3.66. The maximum Gasteiger partial charge on any atom is 0.303 e. The summed E-state index contributed by atoms with van der Waals surface area (Å²) in [5.41, 5.74) is 8.47. The van der Waals surface area contributed by atoms with E-state index in [1.165, 1.54) is 0 Å². The van der Waals surface area contributed by atoms with Crippen LogP contribution in [0.3, 0.4) is 0 Å². The molecule has 0 spiro atoms. The Kier molecular flexibility index (Phi) is 6.69. The summed E-state index contributed by atoms with van der Waals surface area (Å²) in [6.45, 7) is 1.23. The molecule has 166 valence electrons. The first kappa shape index (κ1) is 21.4. The van der Waals surface area contributed by atoms with Crippen molar-refractivity contribution >= 4 is 23.0 Å². The van der Waals surface area contributed by atoms with Crippen molar-refractivity contribution in [3.63, 3.8) is 0 Å². The third-order valence-corrected chi connectivity index (χ3v) is 5.20. The summed E-state index contributed by atoms with van der Waals surface area (Å²) in [6, 6.07) is 13.6. The predicted molar refractivity (Wildman–Crippen MR) is 121 cm³/mol. The van der Waals surface area contributed by atoms with Crippen molar-refractivity contribution in [1.82, 2.24) is 14.5 Å². The Morgan fingerprint density at radius 2 is 1.97 bits per heavy atom. The molecule has 0 saturated heterocycles. The minimum atomic E-state index is -0.736. The molecule has 0 radical (unpaired) electrons. The molecule has 0 aliphatic carbocycles. The van der Waals surface area contributed by atoms with Gasteiger partial charge in [-0.05, 0) is 48.7 Å². The second-order valence-electron chi connectivity index (χ2n) is 7.64. The summed E-state index contributed by atoms with van der Waals surface area (Å²) in [6.07, 6.45) is 7.29. The molecule has 0 atom stereocenters. The van der Waals surface area contributed by atoms with E-state index in [0.29, 0.717) is 31.0 Å². The smallest absolute Gasteiger partial charge is 0.303 e. The number of hydrogen-bond donors (Lipinski definition) is 2. The van der Waals surface area contributed by atoms with Crippen LogP contribution in [0.15, 0.2) is 59.3 Å². The molecule has 0 fully saturated rings. The van der Waals surface area contributed by atoms with E-state index in [1.807, 2.05) is 53.2 Å². The second-order valence-corrected chi connectivity index (χ2v) is 7.64. The molecule has 4 aromatic rings. The number of aliphatic carboxylic acids is 1. The van der Waals surface area contributed by atoms with Crippen LogP contribution in [0, 0.1) is 0 Å². The summed E-state index contributed by atoms with van der Waals surface area (Å²) in [7, 11) is 0. The molecular weight excluding hydrogens is 408 g/mol. The molecule has 0 bridgehead atoms. The van der Waals surface area contributed by atoms with E-state index in [4.69, 9.17) is 20.0 Å². The Balaban J connectivity index is 1.40. The molecule has 3 N–H and O–H groups in total. The van der Waals surface area contributed by atoms with Gasteiger partial charge in [0.05, 0.1) is 12.9 Å². The van der Waals surface area contributed by atoms with E-state index in [1.54, 1.807) is 6.26 Å². The number of unbranched alkanes of at least 4 members (excludes halogenated alkanes) is 3. The van der Waals surface area contributed by atoms with Gasteiger partial charge in [0.25, 0.3) is 0 Å². The van der Waals surface area contributed by atoms with Crippen molar-refractivity contribution in [2.75, 3.05) is 12.3 Å². The second kappa shape index (κ2) is 10.00. The first-order valence-electron chi connectivity index (χ1n) is 10.7. The molecule has 8 heteroatoms. The number of ether oxygens (including phenoxy) is 1. The number of hydrogen-bond acceptors (Lipinski definition) is 6. The number of furan rings is 1. The number of fused-ring (bicyclic) bond motifs is 1.